The van der Waals surface area contributed by atoms with Gasteiger partial charge >= 0.3 is 0 Å². The lowest BCUT2D eigenvalue weighted by Gasteiger charge is -2.17. The fourth-order valence-electron chi connectivity index (χ4n) is 1.18. The van der Waals surface area contributed by atoms with Gasteiger partial charge in [0.15, 0.2) is 0 Å². The van der Waals surface area contributed by atoms with Crippen molar-refractivity contribution in [2.75, 3.05) is 13.6 Å². The van der Waals surface area contributed by atoms with Crippen LogP contribution < -0.4 is 0 Å². The first-order chi connectivity index (χ1) is 7.50. The van der Waals surface area contributed by atoms with Gasteiger partial charge in [-0.15, -0.1) is 0 Å². The smallest absolute Gasteiger partial charge is 0.272 e. The molecule has 1 rings (SSSR count). The highest BCUT2D eigenvalue weighted by Crippen LogP contribution is 2.03. The average molecular weight is 226 g/mol. The number of amides is 1. The van der Waals surface area contributed by atoms with Crippen molar-refractivity contribution in [3.63, 3.8) is 0 Å². The van der Waals surface area contributed by atoms with E-state index in [1.807, 2.05) is 0 Å². The number of aromatic nitrogens is 1. The molecular weight excluding hydrogens is 211 g/mol. The summed E-state index contributed by atoms with van der Waals surface area (Å²) in [5.74, 6) is -0.746. The number of carbonyl (C=O) groups excluding carboxylic acids is 1. The maximum Gasteiger partial charge on any atom is 0.272 e. The van der Waals surface area contributed by atoms with Gasteiger partial charge in [-0.2, -0.15) is 0 Å². The molecule has 5 heteroatoms. The van der Waals surface area contributed by atoms with Gasteiger partial charge in [-0.1, -0.05) is 0 Å². The van der Waals surface area contributed by atoms with Gasteiger partial charge < -0.3 is 10.0 Å². The Morgan fingerprint density at radius 2 is 2.31 bits per heavy atom. The van der Waals surface area contributed by atoms with Gasteiger partial charge in [-0.05, 0) is 25.5 Å². The topological polar surface area (TPSA) is 53.4 Å². The van der Waals surface area contributed by atoms with Crippen LogP contribution >= 0.6 is 0 Å². The van der Waals surface area contributed by atoms with Gasteiger partial charge in [0.25, 0.3) is 5.91 Å². The Morgan fingerprint density at radius 3 is 2.81 bits per heavy atom. The molecule has 0 aliphatic carbocycles. The van der Waals surface area contributed by atoms with E-state index in [1.165, 1.54) is 17.0 Å². The Labute approximate surface area is 93.7 Å². The molecular formula is C11H15FN2O2. The molecule has 0 aliphatic heterocycles. The maximum absolute atomic E-state index is 12.6. The van der Waals surface area contributed by atoms with Gasteiger partial charge in [0, 0.05) is 13.6 Å². The quantitative estimate of drug-likeness (QED) is 0.835. The number of hydrogen-bond acceptors (Lipinski definition) is 3. The monoisotopic (exact) mass is 226 g/mol. The molecule has 1 amide bonds. The third-order valence-electron chi connectivity index (χ3n) is 2.18. The van der Waals surface area contributed by atoms with E-state index in [2.05, 4.69) is 4.98 Å². The molecule has 0 fully saturated rings. The van der Waals surface area contributed by atoms with Crippen molar-refractivity contribution in [3.8, 4) is 0 Å². The van der Waals surface area contributed by atoms with Crippen molar-refractivity contribution in [1.29, 1.82) is 0 Å². The SMILES string of the molecule is CC(O)CCN(C)C(=O)c1ccc(F)cn1. The summed E-state index contributed by atoms with van der Waals surface area (Å²) < 4.78 is 12.6. The lowest BCUT2D eigenvalue weighted by Crippen LogP contribution is -2.30. The molecule has 4 nitrogen and oxygen atoms in total. The van der Waals surface area contributed by atoms with E-state index >= 15 is 0 Å². The van der Waals surface area contributed by atoms with Crippen LogP contribution in [0.5, 0.6) is 0 Å². The summed E-state index contributed by atoms with van der Waals surface area (Å²) >= 11 is 0. The van der Waals surface area contributed by atoms with Crippen LogP contribution in [0.3, 0.4) is 0 Å². The molecule has 0 aliphatic rings. The van der Waals surface area contributed by atoms with Crippen molar-refractivity contribution in [2.24, 2.45) is 0 Å². The zero-order valence-electron chi connectivity index (χ0n) is 9.35. The van der Waals surface area contributed by atoms with Crippen molar-refractivity contribution in [2.45, 2.75) is 19.4 Å². The highest BCUT2D eigenvalue weighted by Gasteiger charge is 2.13. The summed E-state index contributed by atoms with van der Waals surface area (Å²) in [6.45, 7) is 2.10. The number of pyridine rings is 1. The first kappa shape index (κ1) is 12.6. The Balaban J connectivity index is 2.60. The van der Waals surface area contributed by atoms with E-state index in [0.29, 0.717) is 13.0 Å². The molecule has 1 unspecified atom stereocenters. The number of nitrogens with zero attached hydrogens (tertiary/aromatic N) is 2. The molecule has 88 valence electrons. The third kappa shape index (κ3) is 3.58. The molecule has 0 saturated heterocycles. The normalized spacial score (nSPS) is 12.2. The van der Waals surface area contributed by atoms with Crippen molar-refractivity contribution < 1.29 is 14.3 Å². The first-order valence-corrected chi connectivity index (χ1v) is 5.06. The van der Waals surface area contributed by atoms with Crippen molar-refractivity contribution >= 4 is 5.91 Å². The van der Waals surface area contributed by atoms with Crippen LogP contribution in [0.1, 0.15) is 23.8 Å². The summed E-state index contributed by atoms with van der Waals surface area (Å²) in [4.78, 5) is 16.9. The van der Waals surface area contributed by atoms with E-state index in [9.17, 15) is 9.18 Å². The van der Waals surface area contributed by atoms with E-state index in [0.717, 1.165) is 6.20 Å². The molecule has 1 aromatic rings. The summed E-state index contributed by atoms with van der Waals surface area (Å²) in [6.07, 6.45) is 1.07. The van der Waals surface area contributed by atoms with E-state index < -0.39 is 11.9 Å². The van der Waals surface area contributed by atoms with Gasteiger partial charge in [-0.25, -0.2) is 9.37 Å². The number of aliphatic hydroxyl groups is 1. The minimum absolute atomic E-state index is 0.203. The van der Waals surface area contributed by atoms with Crippen LogP contribution in [-0.2, 0) is 0 Å². The molecule has 0 saturated carbocycles. The van der Waals surface area contributed by atoms with E-state index in [-0.39, 0.29) is 11.6 Å². The number of aliphatic hydroxyl groups excluding tert-OH is 1. The molecule has 1 heterocycles. The van der Waals surface area contributed by atoms with Crippen LogP contribution in [0, 0.1) is 5.82 Å². The van der Waals surface area contributed by atoms with E-state index in [1.54, 1.807) is 14.0 Å². The molecule has 16 heavy (non-hydrogen) atoms. The summed E-state index contributed by atoms with van der Waals surface area (Å²) in [6, 6.07) is 2.54. The Morgan fingerprint density at radius 1 is 1.62 bits per heavy atom. The molecule has 0 aromatic carbocycles. The number of halogens is 1. The van der Waals surface area contributed by atoms with E-state index in [4.69, 9.17) is 5.11 Å². The molecule has 0 spiro atoms. The zero-order valence-corrected chi connectivity index (χ0v) is 9.35. The van der Waals surface area contributed by atoms with Gasteiger partial charge in [0.2, 0.25) is 0 Å². The van der Waals surface area contributed by atoms with Crippen LogP contribution in [0.15, 0.2) is 18.3 Å². The Kier molecular flexibility index (Phi) is 4.37. The standard InChI is InChI=1S/C11H15FN2O2/c1-8(15)5-6-14(2)11(16)10-4-3-9(12)7-13-10/h3-4,7-8,15H,5-6H2,1-2H3. The average Bonchev–Trinajstić information content (AvgIpc) is 2.26. The molecule has 1 aromatic heterocycles. The highest BCUT2D eigenvalue weighted by atomic mass is 19.1. The molecule has 0 bridgehead atoms. The minimum atomic E-state index is -0.469. The Hall–Kier alpha value is -1.49. The zero-order chi connectivity index (χ0) is 12.1. The predicted octanol–water partition coefficient (Wildman–Crippen LogP) is 1.06. The molecule has 1 atom stereocenters. The second-order valence-corrected chi connectivity index (χ2v) is 3.73. The largest absolute Gasteiger partial charge is 0.393 e. The van der Waals surface area contributed by atoms with Gasteiger partial charge in [0.1, 0.15) is 11.5 Å². The fraction of sp³-hybridized carbons (Fsp3) is 0.455. The summed E-state index contributed by atoms with van der Waals surface area (Å²) in [7, 11) is 1.62. The number of carbonyl (C=O) groups is 1. The summed E-state index contributed by atoms with van der Waals surface area (Å²) in [5.41, 5.74) is 0.203. The predicted molar refractivity (Wildman–Crippen MR) is 57.5 cm³/mol. The second-order valence-electron chi connectivity index (χ2n) is 3.73. The maximum atomic E-state index is 12.6. The van der Waals surface area contributed by atoms with Crippen molar-refractivity contribution in [1.82, 2.24) is 9.88 Å². The lowest BCUT2D eigenvalue weighted by molar-refractivity contribution is 0.0763. The Bertz CT molecular complexity index is 352. The number of rotatable bonds is 4. The minimum Gasteiger partial charge on any atom is -0.393 e. The molecule has 1 N–H and O–H groups in total. The summed E-state index contributed by atoms with van der Waals surface area (Å²) in [5, 5.41) is 9.09. The third-order valence-corrected chi connectivity index (χ3v) is 2.18. The van der Waals surface area contributed by atoms with Gasteiger partial charge in [-0.3, -0.25) is 4.79 Å². The van der Waals surface area contributed by atoms with Crippen LogP contribution in [0.25, 0.3) is 0 Å². The van der Waals surface area contributed by atoms with Crippen molar-refractivity contribution in [3.05, 3.63) is 29.8 Å². The number of hydrogen-bond donors (Lipinski definition) is 1. The fourth-order valence-corrected chi connectivity index (χ4v) is 1.18. The van der Waals surface area contributed by atoms with Crippen LogP contribution in [0.2, 0.25) is 0 Å². The highest BCUT2D eigenvalue weighted by molar-refractivity contribution is 5.92. The van der Waals surface area contributed by atoms with Crippen LogP contribution in [-0.4, -0.2) is 40.6 Å². The second kappa shape index (κ2) is 5.55. The lowest BCUT2D eigenvalue weighted by atomic mass is 10.2. The molecule has 0 radical (unpaired) electrons. The van der Waals surface area contributed by atoms with Crippen LogP contribution in [0.4, 0.5) is 4.39 Å². The first-order valence-electron chi connectivity index (χ1n) is 5.06. The van der Waals surface area contributed by atoms with Gasteiger partial charge in [0.05, 0.1) is 12.3 Å².